The van der Waals surface area contributed by atoms with Crippen molar-refractivity contribution in [2.24, 2.45) is 0 Å². The lowest BCUT2D eigenvalue weighted by molar-refractivity contribution is -0.137. The summed E-state index contributed by atoms with van der Waals surface area (Å²) in [7, 11) is 0. The molecule has 4 heteroatoms. The van der Waals surface area contributed by atoms with Crippen LogP contribution in [-0.4, -0.2) is 6.54 Å². The zero-order chi connectivity index (χ0) is 12.5. The minimum Gasteiger partial charge on any atom is -0.316 e. The maximum Gasteiger partial charge on any atom is 0.416 e. The summed E-state index contributed by atoms with van der Waals surface area (Å²) in [6.07, 6.45) is -1.43. The van der Waals surface area contributed by atoms with E-state index in [-0.39, 0.29) is 5.41 Å². The van der Waals surface area contributed by atoms with Crippen molar-refractivity contribution < 1.29 is 13.2 Å². The van der Waals surface area contributed by atoms with Crippen LogP contribution in [0.4, 0.5) is 13.2 Å². The fraction of sp³-hybridized carbons (Fsp3) is 0.462. The lowest BCUT2D eigenvalue weighted by Gasteiger charge is -2.37. The summed E-state index contributed by atoms with van der Waals surface area (Å²) >= 11 is 0. The Labute approximate surface area is 98.1 Å². The highest BCUT2D eigenvalue weighted by Crippen LogP contribution is 2.44. The number of benzene rings is 1. The summed E-state index contributed by atoms with van der Waals surface area (Å²) in [5.74, 6) is 0. The van der Waals surface area contributed by atoms with Crippen LogP contribution in [0.25, 0.3) is 4.85 Å². The zero-order valence-corrected chi connectivity index (χ0v) is 9.22. The molecule has 1 aliphatic carbocycles. The zero-order valence-electron chi connectivity index (χ0n) is 9.22. The van der Waals surface area contributed by atoms with Gasteiger partial charge in [-0.3, -0.25) is 0 Å². The average molecular weight is 239 g/mol. The van der Waals surface area contributed by atoms with Crippen molar-refractivity contribution in [3.05, 3.63) is 46.8 Å². The van der Waals surface area contributed by atoms with Crippen molar-refractivity contribution in [2.75, 3.05) is 6.54 Å². The molecular weight excluding hydrogens is 227 g/mol. The predicted octanol–water partition coefficient (Wildman–Crippen LogP) is 4.05. The van der Waals surface area contributed by atoms with E-state index in [9.17, 15) is 13.2 Å². The normalized spacial score (nSPS) is 18.2. The van der Waals surface area contributed by atoms with E-state index in [0.29, 0.717) is 6.54 Å². The van der Waals surface area contributed by atoms with Gasteiger partial charge in [0.05, 0.1) is 11.0 Å². The standard InChI is InChI=1S/C13H12F3N/c1-17-9-12(7-2-8-12)10-3-5-11(6-4-10)13(14,15)16/h3-6H,2,7-9H2. The SMILES string of the molecule is [C-]#[N+]CC1(c2ccc(C(F)(F)F)cc2)CCC1. The van der Waals surface area contributed by atoms with Crippen molar-refractivity contribution in [1.82, 2.24) is 0 Å². The maximum absolute atomic E-state index is 12.4. The number of nitrogens with zero attached hydrogens (tertiary/aromatic N) is 1. The fourth-order valence-corrected chi connectivity index (χ4v) is 2.31. The number of hydrogen-bond acceptors (Lipinski definition) is 0. The second-order valence-electron chi connectivity index (χ2n) is 4.53. The Morgan fingerprint density at radius 1 is 1.18 bits per heavy atom. The Balaban J connectivity index is 2.26. The van der Waals surface area contributed by atoms with Crippen molar-refractivity contribution in [1.29, 1.82) is 0 Å². The molecule has 0 amide bonds. The van der Waals surface area contributed by atoms with Gasteiger partial charge < -0.3 is 4.85 Å². The molecule has 0 unspecified atom stereocenters. The van der Waals surface area contributed by atoms with Gasteiger partial charge in [0.15, 0.2) is 0 Å². The molecule has 0 aromatic heterocycles. The minimum absolute atomic E-state index is 0.189. The average Bonchev–Trinajstić information content (AvgIpc) is 2.22. The van der Waals surface area contributed by atoms with Crippen LogP contribution >= 0.6 is 0 Å². The molecule has 0 aliphatic heterocycles. The van der Waals surface area contributed by atoms with Gasteiger partial charge in [0, 0.05) is 0 Å². The predicted molar refractivity (Wildman–Crippen MR) is 58.4 cm³/mol. The van der Waals surface area contributed by atoms with E-state index in [1.807, 2.05) is 0 Å². The highest BCUT2D eigenvalue weighted by atomic mass is 19.4. The summed E-state index contributed by atoms with van der Waals surface area (Å²) in [5.41, 5.74) is 0.0533. The summed E-state index contributed by atoms with van der Waals surface area (Å²) in [6.45, 7) is 7.30. The van der Waals surface area contributed by atoms with Gasteiger partial charge in [-0.25, -0.2) is 6.57 Å². The van der Waals surface area contributed by atoms with Crippen LogP contribution in [0.15, 0.2) is 24.3 Å². The van der Waals surface area contributed by atoms with Gasteiger partial charge in [-0.2, -0.15) is 13.2 Å². The second kappa shape index (κ2) is 4.06. The molecule has 0 atom stereocenters. The van der Waals surface area contributed by atoms with Crippen molar-refractivity contribution >= 4 is 0 Å². The third kappa shape index (κ3) is 2.14. The monoisotopic (exact) mass is 239 g/mol. The van der Waals surface area contributed by atoms with Crippen LogP contribution in [0.2, 0.25) is 0 Å². The Kier molecular flexibility index (Phi) is 2.86. The van der Waals surface area contributed by atoms with Crippen molar-refractivity contribution in [3.63, 3.8) is 0 Å². The number of halogens is 3. The third-order valence-electron chi connectivity index (χ3n) is 3.52. The van der Waals surface area contributed by atoms with Crippen LogP contribution < -0.4 is 0 Å². The van der Waals surface area contributed by atoms with E-state index in [1.165, 1.54) is 12.1 Å². The Morgan fingerprint density at radius 3 is 2.12 bits per heavy atom. The Hall–Kier alpha value is -1.50. The minimum atomic E-state index is -4.29. The molecule has 2 rings (SSSR count). The summed E-state index contributed by atoms with van der Waals surface area (Å²) in [5, 5.41) is 0. The molecule has 0 radical (unpaired) electrons. The highest BCUT2D eigenvalue weighted by molar-refractivity contribution is 5.33. The van der Waals surface area contributed by atoms with Crippen LogP contribution in [0.3, 0.4) is 0 Å². The Bertz CT molecular complexity index is 435. The lowest BCUT2D eigenvalue weighted by atomic mass is 9.64. The van der Waals surface area contributed by atoms with Crippen molar-refractivity contribution in [3.8, 4) is 0 Å². The molecule has 1 saturated carbocycles. The van der Waals surface area contributed by atoms with Gasteiger partial charge in [0.2, 0.25) is 6.54 Å². The molecule has 0 heterocycles. The molecule has 0 N–H and O–H groups in total. The topological polar surface area (TPSA) is 4.36 Å². The number of rotatable bonds is 2. The van der Waals surface area contributed by atoms with E-state index in [0.717, 1.165) is 37.0 Å². The van der Waals surface area contributed by atoms with Crippen LogP contribution in [-0.2, 0) is 11.6 Å². The van der Waals surface area contributed by atoms with Crippen LogP contribution in [0, 0.1) is 6.57 Å². The third-order valence-corrected chi connectivity index (χ3v) is 3.52. The quantitative estimate of drug-likeness (QED) is 0.686. The molecule has 0 saturated heterocycles. The van der Waals surface area contributed by atoms with Gasteiger partial charge in [-0.05, 0) is 30.5 Å². The summed E-state index contributed by atoms with van der Waals surface area (Å²) in [6, 6.07) is 5.26. The van der Waals surface area contributed by atoms with Crippen LogP contribution in [0.1, 0.15) is 30.4 Å². The van der Waals surface area contributed by atoms with E-state index in [4.69, 9.17) is 6.57 Å². The van der Waals surface area contributed by atoms with Gasteiger partial charge in [0.1, 0.15) is 0 Å². The summed E-state index contributed by atoms with van der Waals surface area (Å²) in [4.78, 5) is 3.41. The molecule has 17 heavy (non-hydrogen) atoms. The molecule has 1 aromatic rings. The van der Waals surface area contributed by atoms with E-state index >= 15 is 0 Å². The first-order valence-electron chi connectivity index (χ1n) is 5.49. The van der Waals surface area contributed by atoms with E-state index < -0.39 is 11.7 Å². The molecule has 1 aliphatic rings. The van der Waals surface area contributed by atoms with E-state index in [2.05, 4.69) is 4.85 Å². The maximum atomic E-state index is 12.4. The smallest absolute Gasteiger partial charge is 0.316 e. The number of hydrogen-bond donors (Lipinski definition) is 0. The lowest BCUT2D eigenvalue weighted by Crippen LogP contribution is -2.36. The second-order valence-corrected chi connectivity index (χ2v) is 4.53. The molecule has 1 nitrogen and oxygen atoms in total. The molecule has 0 spiro atoms. The van der Waals surface area contributed by atoms with Gasteiger partial charge in [-0.15, -0.1) is 0 Å². The Morgan fingerprint density at radius 2 is 1.76 bits per heavy atom. The number of alkyl halides is 3. The molecule has 0 bridgehead atoms. The molecule has 1 fully saturated rings. The molecule has 90 valence electrons. The summed E-state index contributed by atoms with van der Waals surface area (Å²) < 4.78 is 37.2. The highest BCUT2D eigenvalue weighted by Gasteiger charge is 2.42. The first-order chi connectivity index (χ1) is 7.98. The first kappa shape index (κ1) is 12.0. The fourth-order valence-electron chi connectivity index (χ4n) is 2.31. The van der Waals surface area contributed by atoms with Crippen LogP contribution in [0.5, 0.6) is 0 Å². The first-order valence-corrected chi connectivity index (χ1v) is 5.49. The van der Waals surface area contributed by atoms with Crippen molar-refractivity contribution in [2.45, 2.75) is 30.9 Å². The largest absolute Gasteiger partial charge is 0.416 e. The van der Waals surface area contributed by atoms with Gasteiger partial charge in [-0.1, -0.05) is 18.6 Å². The molecule has 1 aromatic carbocycles. The van der Waals surface area contributed by atoms with Gasteiger partial charge in [0.25, 0.3) is 0 Å². The van der Waals surface area contributed by atoms with E-state index in [1.54, 1.807) is 0 Å². The van der Waals surface area contributed by atoms with Gasteiger partial charge >= 0.3 is 6.18 Å². The molecular formula is C13H12F3N.